The fraction of sp³-hybridized carbons (Fsp3) is 0.727. The highest BCUT2D eigenvalue weighted by molar-refractivity contribution is 5.79. The van der Waals surface area contributed by atoms with E-state index >= 15 is 0 Å². The Kier molecular flexibility index (Phi) is 3.73. The van der Waals surface area contributed by atoms with Crippen LogP contribution in [0.15, 0.2) is 6.33 Å². The Balaban J connectivity index is 1.88. The summed E-state index contributed by atoms with van der Waals surface area (Å²) in [6.07, 6.45) is 2.59. The highest BCUT2D eigenvalue weighted by atomic mass is 16.1. The first-order valence-corrected chi connectivity index (χ1v) is 6.10. The molecule has 0 bridgehead atoms. The zero-order valence-electron chi connectivity index (χ0n) is 10.3. The number of nitrogens with one attached hydrogen (secondary N) is 2. The second kappa shape index (κ2) is 5.27. The zero-order chi connectivity index (χ0) is 12.3. The van der Waals surface area contributed by atoms with Crippen LogP contribution in [0.3, 0.4) is 0 Å². The SMILES string of the molecule is CCn1cnnc1CNC(=O)C1CCNC1C. The monoisotopic (exact) mass is 237 g/mol. The summed E-state index contributed by atoms with van der Waals surface area (Å²) in [5, 5.41) is 14.0. The van der Waals surface area contributed by atoms with Gasteiger partial charge < -0.3 is 15.2 Å². The lowest BCUT2D eigenvalue weighted by molar-refractivity contribution is -0.125. The fourth-order valence-corrected chi connectivity index (χ4v) is 2.19. The molecule has 1 amide bonds. The van der Waals surface area contributed by atoms with E-state index in [2.05, 4.69) is 20.8 Å². The molecule has 1 aliphatic heterocycles. The van der Waals surface area contributed by atoms with Gasteiger partial charge in [0.25, 0.3) is 0 Å². The van der Waals surface area contributed by atoms with E-state index in [4.69, 9.17) is 0 Å². The number of nitrogens with zero attached hydrogens (tertiary/aromatic N) is 3. The van der Waals surface area contributed by atoms with Crippen LogP contribution in [-0.2, 0) is 17.9 Å². The summed E-state index contributed by atoms with van der Waals surface area (Å²) < 4.78 is 1.93. The summed E-state index contributed by atoms with van der Waals surface area (Å²) in [5.41, 5.74) is 0. The third kappa shape index (κ3) is 2.63. The van der Waals surface area contributed by atoms with Gasteiger partial charge in [0.1, 0.15) is 6.33 Å². The van der Waals surface area contributed by atoms with Crippen molar-refractivity contribution in [2.24, 2.45) is 5.92 Å². The molecule has 1 saturated heterocycles. The predicted octanol–water partition coefficient (Wildman–Crippen LogP) is -0.0878. The van der Waals surface area contributed by atoms with E-state index in [0.717, 1.165) is 25.3 Å². The third-order valence-electron chi connectivity index (χ3n) is 3.32. The van der Waals surface area contributed by atoms with Crippen LogP contribution in [-0.4, -0.2) is 33.3 Å². The Morgan fingerprint density at radius 3 is 3.18 bits per heavy atom. The topological polar surface area (TPSA) is 71.8 Å². The van der Waals surface area contributed by atoms with Crippen molar-refractivity contribution in [3.63, 3.8) is 0 Å². The molecule has 6 heteroatoms. The smallest absolute Gasteiger partial charge is 0.225 e. The number of aryl methyl sites for hydroxylation is 1. The van der Waals surface area contributed by atoms with Gasteiger partial charge in [-0.1, -0.05) is 0 Å². The Morgan fingerprint density at radius 2 is 2.53 bits per heavy atom. The predicted molar refractivity (Wildman–Crippen MR) is 63.1 cm³/mol. The van der Waals surface area contributed by atoms with Crippen molar-refractivity contribution in [2.45, 2.75) is 39.4 Å². The van der Waals surface area contributed by atoms with Crippen LogP contribution in [0.1, 0.15) is 26.1 Å². The van der Waals surface area contributed by atoms with Gasteiger partial charge in [0, 0.05) is 12.6 Å². The van der Waals surface area contributed by atoms with Crippen LogP contribution in [0.4, 0.5) is 0 Å². The molecule has 0 radical (unpaired) electrons. The van der Waals surface area contributed by atoms with Gasteiger partial charge >= 0.3 is 0 Å². The number of carbonyl (C=O) groups excluding carboxylic acids is 1. The molecule has 0 aromatic carbocycles. The zero-order valence-corrected chi connectivity index (χ0v) is 10.3. The first kappa shape index (κ1) is 12.0. The first-order valence-electron chi connectivity index (χ1n) is 6.10. The minimum atomic E-state index is 0.0768. The second-order valence-corrected chi connectivity index (χ2v) is 4.39. The van der Waals surface area contributed by atoms with Crippen molar-refractivity contribution in [3.05, 3.63) is 12.2 Å². The molecule has 17 heavy (non-hydrogen) atoms. The summed E-state index contributed by atoms with van der Waals surface area (Å²) in [4.78, 5) is 11.9. The summed E-state index contributed by atoms with van der Waals surface area (Å²) in [7, 11) is 0. The van der Waals surface area contributed by atoms with Gasteiger partial charge in [-0.3, -0.25) is 4.79 Å². The van der Waals surface area contributed by atoms with Gasteiger partial charge in [0.2, 0.25) is 5.91 Å². The molecule has 0 aliphatic carbocycles. The average molecular weight is 237 g/mol. The molecule has 1 fully saturated rings. The lowest BCUT2D eigenvalue weighted by atomic mass is 10.0. The summed E-state index contributed by atoms with van der Waals surface area (Å²) in [6.45, 7) is 6.27. The molecular weight excluding hydrogens is 218 g/mol. The minimum absolute atomic E-state index is 0.0768. The lowest BCUT2D eigenvalue weighted by Gasteiger charge is -2.14. The van der Waals surface area contributed by atoms with Crippen molar-refractivity contribution in [3.8, 4) is 0 Å². The Labute approximate surface area is 101 Å². The Morgan fingerprint density at radius 1 is 1.71 bits per heavy atom. The van der Waals surface area contributed by atoms with Crippen molar-refractivity contribution in [1.82, 2.24) is 25.4 Å². The molecule has 2 rings (SSSR count). The lowest BCUT2D eigenvalue weighted by Crippen LogP contribution is -2.36. The maximum Gasteiger partial charge on any atom is 0.225 e. The van der Waals surface area contributed by atoms with Crippen molar-refractivity contribution < 1.29 is 4.79 Å². The van der Waals surface area contributed by atoms with Gasteiger partial charge in [-0.25, -0.2) is 0 Å². The van der Waals surface area contributed by atoms with Crippen LogP contribution < -0.4 is 10.6 Å². The highest BCUT2D eigenvalue weighted by Gasteiger charge is 2.29. The number of aromatic nitrogens is 3. The minimum Gasteiger partial charge on any atom is -0.349 e. The first-order chi connectivity index (χ1) is 8.22. The van der Waals surface area contributed by atoms with E-state index in [9.17, 15) is 4.79 Å². The van der Waals surface area contributed by atoms with E-state index < -0.39 is 0 Å². The largest absolute Gasteiger partial charge is 0.349 e. The van der Waals surface area contributed by atoms with E-state index in [1.54, 1.807) is 6.33 Å². The molecule has 0 saturated carbocycles. The van der Waals surface area contributed by atoms with E-state index in [1.165, 1.54) is 0 Å². The maximum atomic E-state index is 11.9. The van der Waals surface area contributed by atoms with Gasteiger partial charge in [-0.15, -0.1) is 10.2 Å². The highest BCUT2D eigenvalue weighted by Crippen LogP contribution is 2.15. The van der Waals surface area contributed by atoms with Gasteiger partial charge in [-0.2, -0.15) is 0 Å². The van der Waals surface area contributed by atoms with Crippen molar-refractivity contribution in [2.75, 3.05) is 6.54 Å². The second-order valence-electron chi connectivity index (χ2n) is 4.39. The maximum absolute atomic E-state index is 11.9. The van der Waals surface area contributed by atoms with Crippen LogP contribution in [0.2, 0.25) is 0 Å². The van der Waals surface area contributed by atoms with Gasteiger partial charge in [0.15, 0.2) is 5.82 Å². The molecule has 1 aromatic rings. The Bertz CT molecular complexity index is 389. The fourth-order valence-electron chi connectivity index (χ4n) is 2.19. The number of rotatable bonds is 4. The van der Waals surface area contributed by atoms with Crippen LogP contribution in [0.5, 0.6) is 0 Å². The summed E-state index contributed by atoms with van der Waals surface area (Å²) in [6, 6.07) is 0.263. The summed E-state index contributed by atoms with van der Waals surface area (Å²) in [5.74, 6) is 0.987. The molecular formula is C11H19N5O. The third-order valence-corrected chi connectivity index (χ3v) is 3.32. The van der Waals surface area contributed by atoms with E-state index in [1.807, 2.05) is 18.4 Å². The number of amides is 1. The quantitative estimate of drug-likeness (QED) is 0.768. The molecule has 1 aliphatic rings. The van der Waals surface area contributed by atoms with Crippen molar-refractivity contribution >= 4 is 5.91 Å². The molecule has 2 N–H and O–H groups in total. The Hall–Kier alpha value is -1.43. The van der Waals surface area contributed by atoms with Gasteiger partial charge in [-0.05, 0) is 26.8 Å². The molecule has 2 unspecified atom stereocenters. The number of hydrogen-bond acceptors (Lipinski definition) is 4. The molecule has 1 aromatic heterocycles. The van der Waals surface area contributed by atoms with Crippen LogP contribution in [0.25, 0.3) is 0 Å². The normalized spacial score (nSPS) is 23.9. The molecule has 6 nitrogen and oxygen atoms in total. The molecule has 94 valence electrons. The van der Waals surface area contributed by atoms with E-state index in [0.29, 0.717) is 6.54 Å². The molecule has 2 heterocycles. The van der Waals surface area contributed by atoms with Crippen LogP contribution in [0, 0.1) is 5.92 Å². The van der Waals surface area contributed by atoms with E-state index in [-0.39, 0.29) is 17.9 Å². The van der Waals surface area contributed by atoms with Crippen molar-refractivity contribution in [1.29, 1.82) is 0 Å². The number of hydrogen-bond donors (Lipinski definition) is 2. The van der Waals surface area contributed by atoms with Gasteiger partial charge in [0.05, 0.1) is 12.5 Å². The number of carbonyl (C=O) groups is 1. The summed E-state index contributed by atoms with van der Waals surface area (Å²) >= 11 is 0. The standard InChI is InChI=1S/C11H19N5O/c1-3-16-7-14-15-10(16)6-13-11(17)9-4-5-12-8(9)2/h7-9,12H,3-6H2,1-2H3,(H,13,17). The molecule has 2 atom stereocenters. The molecule has 0 spiro atoms. The van der Waals surface area contributed by atoms with Crippen LogP contribution >= 0.6 is 0 Å². The average Bonchev–Trinajstić information content (AvgIpc) is 2.94.